The Labute approximate surface area is 124 Å². The van der Waals surface area contributed by atoms with Gasteiger partial charge in [0, 0.05) is 18.7 Å². The summed E-state index contributed by atoms with van der Waals surface area (Å²) in [4.78, 5) is 32.6. The fraction of sp³-hybridized carbons (Fsp3) is 0.333. The predicted octanol–water partition coefficient (Wildman–Crippen LogP) is 0.471. The van der Waals surface area contributed by atoms with Crippen molar-refractivity contribution in [2.75, 3.05) is 12.9 Å². The second-order valence-corrected chi connectivity index (χ2v) is 6.55. The van der Waals surface area contributed by atoms with Crippen LogP contribution in [0, 0.1) is 10.1 Å². The van der Waals surface area contributed by atoms with Crippen LogP contribution in [0.15, 0.2) is 23.1 Å². The van der Waals surface area contributed by atoms with E-state index >= 15 is 0 Å². The van der Waals surface area contributed by atoms with Gasteiger partial charge in [0.25, 0.3) is 5.69 Å². The zero-order valence-corrected chi connectivity index (χ0v) is 12.2. The molecule has 9 nitrogen and oxygen atoms in total. The molecule has 2 rings (SSSR count). The van der Waals surface area contributed by atoms with Gasteiger partial charge in [0.15, 0.2) is 9.84 Å². The number of nitrogens with zero attached hydrogens (tertiary/aromatic N) is 1. The molecule has 0 unspecified atom stereocenters. The van der Waals surface area contributed by atoms with Crippen LogP contribution in [-0.4, -0.2) is 44.2 Å². The number of nitro benzene ring substituents is 1. The van der Waals surface area contributed by atoms with Crippen LogP contribution in [0.2, 0.25) is 0 Å². The van der Waals surface area contributed by atoms with Gasteiger partial charge in [-0.1, -0.05) is 0 Å². The van der Waals surface area contributed by atoms with Crippen LogP contribution in [0.3, 0.4) is 0 Å². The summed E-state index contributed by atoms with van der Waals surface area (Å²) in [5.41, 5.74) is -0.954. The number of hydrogen-bond acceptors (Lipinski definition) is 8. The third-order valence-electron chi connectivity index (χ3n) is 2.93. The van der Waals surface area contributed by atoms with Crippen molar-refractivity contribution in [1.82, 2.24) is 0 Å². The van der Waals surface area contributed by atoms with E-state index in [1.807, 2.05) is 0 Å². The molecule has 118 valence electrons. The van der Waals surface area contributed by atoms with Crippen molar-refractivity contribution < 1.29 is 32.4 Å². The van der Waals surface area contributed by atoms with Crippen LogP contribution in [0.5, 0.6) is 0 Å². The van der Waals surface area contributed by atoms with Crippen molar-refractivity contribution in [2.45, 2.75) is 17.4 Å². The van der Waals surface area contributed by atoms with Crippen LogP contribution in [0.25, 0.3) is 0 Å². The lowest BCUT2D eigenvalue weighted by atomic mass is 10.2. The average Bonchev–Trinajstić information content (AvgIpc) is 2.82. The summed E-state index contributed by atoms with van der Waals surface area (Å²) < 4.78 is 32.5. The molecule has 0 N–H and O–H groups in total. The van der Waals surface area contributed by atoms with Gasteiger partial charge in [-0.3, -0.25) is 10.1 Å². The zero-order chi connectivity index (χ0) is 16.5. The van der Waals surface area contributed by atoms with Crippen molar-refractivity contribution in [2.24, 2.45) is 0 Å². The Balaban J connectivity index is 2.32. The largest absolute Gasteiger partial charge is 0.463 e. The minimum absolute atomic E-state index is 0.129. The molecule has 1 fully saturated rings. The summed E-state index contributed by atoms with van der Waals surface area (Å²) in [6.07, 6.45) is -0.0307. The van der Waals surface area contributed by atoms with Gasteiger partial charge < -0.3 is 9.47 Å². The molecule has 0 saturated carbocycles. The number of rotatable bonds is 4. The topological polar surface area (TPSA) is 130 Å². The van der Waals surface area contributed by atoms with E-state index in [4.69, 9.17) is 4.74 Å². The molecule has 1 heterocycles. The van der Waals surface area contributed by atoms with Crippen molar-refractivity contribution in [1.29, 1.82) is 0 Å². The zero-order valence-electron chi connectivity index (χ0n) is 11.3. The Morgan fingerprint density at radius 1 is 1.45 bits per heavy atom. The Kier molecular flexibility index (Phi) is 4.13. The summed E-state index contributed by atoms with van der Waals surface area (Å²) in [5.74, 6) is -1.65. The van der Waals surface area contributed by atoms with Crippen LogP contribution in [0.1, 0.15) is 16.8 Å². The summed E-state index contributed by atoms with van der Waals surface area (Å²) in [6.45, 7) is 0.129. The molecular weight excluding hydrogens is 318 g/mol. The number of carbonyl (C=O) groups is 2. The Morgan fingerprint density at radius 3 is 2.64 bits per heavy atom. The monoisotopic (exact) mass is 329 g/mol. The molecule has 10 heteroatoms. The van der Waals surface area contributed by atoms with E-state index in [2.05, 4.69) is 4.74 Å². The predicted molar refractivity (Wildman–Crippen MR) is 71.0 cm³/mol. The van der Waals surface area contributed by atoms with Gasteiger partial charge in [0.1, 0.15) is 4.90 Å². The van der Waals surface area contributed by atoms with Gasteiger partial charge in [-0.25, -0.2) is 18.0 Å². The molecule has 1 aromatic rings. The van der Waals surface area contributed by atoms with Gasteiger partial charge >= 0.3 is 11.9 Å². The van der Waals surface area contributed by atoms with Gasteiger partial charge in [0.2, 0.25) is 6.10 Å². The summed E-state index contributed by atoms with van der Waals surface area (Å²) in [7, 11) is -3.82. The van der Waals surface area contributed by atoms with E-state index < -0.39 is 43.4 Å². The molecule has 22 heavy (non-hydrogen) atoms. The molecule has 0 amide bonds. The van der Waals surface area contributed by atoms with Gasteiger partial charge in [-0.15, -0.1) is 0 Å². The highest BCUT2D eigenvalue weighted by atomic mass is 32.2. The molecule has 1 aliphatic rings. The Morgan fingerprint density at radius 2 is 2.14 bits per heavy atom. The third kappa shape index (κ3) is 3.22. The summed E-state index contributed by atoms with van der Waals surface area (Å²) >= 11 is 0. The molecule has 1 aliphatic heterocycles. The SMILES string of the molecule is CS(=O)(=O)c1ccc(C(=O)O[C@@H]2CCOC2=O)cc1[N+](=O)[O-]. The molecule has 1 saturated heterocycles. The van der Waals surface area contributed by atoms with E-state index in [1.54, 1.807) is 0 Å². The van der Waals surface area contributed by atoms with Crippen LogP contribution in [0.4, 0.5) is 5.69 Å². The number of esters is 2. The quantitative estimate of drug-likeness (QED) is 0.442. The Bertz CT molecular complexity index is 754. The number of benzene rings is 1. The molecule has 0 bridgehead atoms. The molecular formula is C12H11NO8S. The first kappa shape index (κ1) is 15.9. The molecule has 0 spiro atoms. The third-order valence-corrected chi connectivity index (χ3v) is 4.07. The number of ether oxygens (including phenoxy) is 2. The maximum atomic E-state index is 11.9. The second kappa shape index (κ2) is 5.72. The maximum absolute atomic E-state index is 11.9. The Hall–Kier alpha value is -2.49. The molecule has 0 radical (unpaired) electrons. The minimum Gasteiger partial charge on any atom is -0.463 e. The van der Waals surface area contributed by atoms with E-state index in [0.717, 1.165) is 24.5 Å². The normalized spacial score (nSPS) is 17.9. The van der Waals surface area contributed by atoms with E-state index in [9.17, 15) is 28.1 Å². The van der Waals surface area contributed by atoms with Crippen molar-refractivity contribution in [3.8, 4) is 0 Å². The number of sulfone groups is 1. The smallest absolute Gasteiger partial charge is 0.347 e. The number of cyclic esters (lactones) is 1. The molecule has 1 aromatic carbocycles. The van der Waals surface area contributed by atoms with Crippen molar-refractivity contribution in [3.05, 3.63) is 33.9 Å². The van der Waals surface area contributed by atoms with Crippen LogP contribution < -0.4 is 0 Å². The van der Waals surface area contributed by atoms with Gasteiger partial charge in [0.05, 0.1) is 17.1 Å². The standard InChI is InChI=1S/C12H11NO8S/c1-22(18,19)10-3-2-7(6-8(10)13(16)17)11(14)21-9-4-5-20-12(9)15/h2-3,6,9H,4-5H2,1H3/t9-/m1/s1. The first-order chi connectivity index (χ1) is 10.2. The van der Waals surface area contributed by atoms with Crippen LogP contribution in [-0.2, 0) is 24.1 Å². The average molecular weight is 329 g/mol. The van der Waals surface area contributed by atoms with Crippen molar-refractivity contribution in [3.63, 3.8) is 0 Å². The maximum Gasteiger partial charge on any atom is 0.347 e. The van der Waals surface area contributed by atoms with E-state index in [1.165, 1.54) is 0 Å². The first-order valence-electron chi connectivity index (χ1n) is 6.06. The highest BCUT2D eigenvalue weighted by Gasteiger charge is 2.31. The van der Waals surface area contributed by atoms with Crippen molar-refractivity contribution >= 4 is 27.5 Å². The first-order valence-corrected chi connectivity index (χ1v) is 7.95. The lowest BCUT2D eigenvalue weighted by molar-refractivity contribution is -0.387. The number of nitro groups is 1. The van der Waals surface area contributed by atoms with Gasteiger partial charge in [-0.05, 0) is 12.1 Å². The lowest BCUT2D eigenvalue weighted by Crippen LogP contribution is -2.22. The number of carbonyl (C=O) groups excluding carboxylic acids is 2. The fourth-order valence-electron chi connectivity index (χ4n) is 1.88. The fourth-order valence-corrected chi connectivity index (χ4v) is 2.71. The lowest BCUT2D eigenvalue weighted by Gasteiger charge is -2.09. The van der Waals surface area contributed by atoms with E-state index in [0.29, 0.717) is 0 Å². The minimum atomic E-state index is -3.82. The highest BCUT2D eigenvalue weighted by Crippen LogP contribution is 2.25. The summed E-state index contributed by atoms with van der Waals surface area (Å²) in [6, 6.07) is 2.85. The molecule has 0 aliphatic carbocycles. The molecule has 1 atom stereocenters. The van der Waals surface area contributed by atoms with Gasteiger partial charge in [-0.2, -0.15) is 0 Å². The highest BCUT2D eigenvalue weighted by molar-refractivity contribution is 7.90. The van der Waals surface area contributed by atoms with E-state index in [-0.39, 0.29) is 18.6 Å². The molecule has 0 aromatic heterocycles. The second-order valence-electron chi connectivity index (χ2n) is 4.56. The number of hydrogen-bond donors (Lipinski definition) is 0. The summed E-state index contributed by atoms with van der Waals surface area (Å²) in [5, 5.41) is 11.0. The van der Waals surface area contributed by atoms with Crippen LogP contribution >= 0.6 is 0 Å².